The van der Waals surface area contributed by atoms with E-state index >= 15 is 0 Å². The number of hydrogen-bond donors (Lipinski definition) is 1. The highest BCUT2D eigenvalue weighted by molar-refractivity contribution is 8.03. The highest BCUT2D eigenvalue weighted by atomic mass is 35.5. The second-order valence-electron chi connectivity index (χ2n) is 2.73. The molecular weight excluding hydrogens is 234 g/mol. The molecule has 1 nitrogen and oxygen atoms in total. The molecule has 14 heavy (non-hydrogen) atoms. The molecule has 0 atom stereocenters. The lowest BCUT2D eigenvalue weighted by Crippen LogP contribution is -1.90. The van der Waals surface area contributed by atoms with Crippen LogP contribution in [0.4, 0.5) is 5.69 Å². The van der Waals surface area contributed by atoms with Crippen molar-refractivity contribution in [2.75, 3.05) is 23.0 Å². The average Bonchev–Trinajstić information content (AvgIpc) is 2.15. The zero-order valence-electron chi connectivity index (χ0n) is 8.13. The van der Waals surface area contributed by atoms with E-state index in [-0.39, 0.29) is 0 Å². The van der Waals surface area contributed by atoms with Crippen LogP contribution in [0.25, 0.3) is 0 Å². The molecule has 0 aliphatic rings. The van der Waals surface area contributed by atoms with Crippen LogP contribution in [0.2, 0.25) is 5.02 Å². The number of hydrogen-bond acceptors (Lipinski definition) is 3. The van der Waals surface area contributed by atoms with Gasteiger partial charge >= 0.3 is 0 Å². The summed E-state index contributed by atoms with van der Waals surface area (Å²) >= 11 is 9.55. The molecule has 0 spiro atoms. The molecule has 0 amide bonds. The van der Waals surface area contributed by atoms with Crippen molar-refractivity contribution in [2.45, 2.75) is 11.8 Å². The maximum Gasteiger partial charge on any atom is 0.0467 e. The number of nitrogens with two attached hydrogens (primary N) is 1. The summed E-state index contributed by atoms with van der Waals surface area (Å²) in [5, 5.41) is 0.704. The first kappa shape index (κ1) is 12.1. The quantitative estimate of drug-likeness (QED) is 0.487. The highest BCUT2D eigenvalue weighted by Gasteiger charge is 2.00. The molecule has 0 fully saturated rings. The van der Waals surface area contributed by atoms with Gasteiger partial charge in [0, 0.05) is 27.1 Å². The summed E-state index contributed by atoms with van der Waals surface area (Å²) in [7, 11) is 0. The predicted molar refractivity (Wildman–Crippen MR) is 69.6 cm³/mol. The van der Waals surface area contributed by atoms with E-state index in [4.69, 9.17) is 17.3 Å². The first-order valence-electron chi connectivity index (χ1n) is 4.49. The van der Waals surface area contributed by atoms with Crippen LogP contribution < -0.4 is 5.73 Å². The Morgan fingerprint density at radius 3 is 2.79 bits per heavy atom. The summed E-state index contributed by atoms with van der Waals surface area (Å²) in [6, 6.07) is 5.67. The number of nitrogen functional groups attached to an aromatic ring is 1. The number of halogens is 1. The van der Waals surface area contributed by atoms with E-state index in [0.29, 0.717) is 5.02 Å². The van der Waals surface area contributed by atoms with Gasteiger partial charge < -0.3 is 5.73 Å². The smallest absolute Gasteiger partial charge is 0.0467 e. The lowest BCUT2D eigenvalue weighted by atomic mass is 10.3. The van der Waals surface area contributed by atoms with E-state index < -0.39 is 0 Å². The van der Waals surface area contributed by atoms with Crippen LogP contribution in [-0.2, 0) is 0 Å². The van der Waals surface area contributed by atoms with Gasteiger partial charge in [-0.05, 0) is 24.0 Å². The van der Waals surface area contributed by atoms with Gasteiger partial charge in [0.25, 0.3) is 0 Å². The predicted octanol–water partition coefficient (Wildman–Crippen LogP) is 3.77. The minimum Gasteiger partial charge on any atom is -0.398 e. The van der Waals surface area contributed by atoms with Crippen molar-refractivity contribution in [2.24, 2.45) is 0 Å². The van der Waals surface area contributed by atoms with Crippen LogP contribution >= 0.6 is 35.1 Å². The Kier molecular flexibility index (Phi) is 5.60. The number of anilines is 1. The molecule has 0 heterocycles. The summed E-state index contributed by atoms with van der Waals surface area (Å²) in [6.07, 6.45) is 0. The van der Waals surface area contributed by atoms with E-state index in [1.165, 1.54) is 11.5 Å². The Morgan fingerprint density at radius 1 is 1.36 bits per heavy atom. The van der Waals surface area contributed by atoms with Gasteiger partial charge in [-0.25, -0.2) is 0 Å². The van der Waals surface area contributed by atoms with Crippen LogP contribution in [0.3, 0.4) is 0 Å². The fourth-order valence-electron chi connectivity index (χ4n) is 1.01. The number of thioether (sulfide) groups is 2. The second kappa shape index (κ2) is 6.49. The van der Waals surface area contributed by atoms with E-state index in [1.807, 2.05) is 23.9 Å². The Morgan fingerprint density at radius 2 is 2.14 bits per heavy atom. The molecule has 0 aromatic heterocycles. The van der Waals surface area contributed by atoms with Gasteiger partial charge in [-0.3, -0.25) is 0 Å². The molecule has 78 valence electrons. The third kappa shape index (κ3) is 4.03. The molecule has 0 aliphatic carbocycles. The van der Waals surface area contributed by atoms with Gasteiger partial charge in [0.1, 0.15) is 0 Å². The van der Waals surface area contributed by atoms with E-state index in [1.54, 1.807) is 17.8 Å². The van der Waals surface area contributed by atoms with Gasteiger partial charge in [0.05, 0.1) is 0 Å². The molecule has 0 bridgehead atoms. The largest absolute Gasteiger partial charge is 0.398 e. The molecule has 1 rings (SSSR count). The fraction of sp³-hybridized carbons (Fsp3) is 0.400. The first-order valence-corrected chi connectivity index (χ1v) is 7.01. The Bertz CT molecular complexity index is 291. The SMILES string of the molecule is CCSCCSc1ccc(Cl)cc1N. The minimum atomic E-state index is 0.704. The van der Waals surface area contributed by atoms with Gasteiger partial charge in [0.2, 0.25) is 0 Å². The Hall–Kier alpha value is 0.01000. The average molecular weight is 248 g/mol. The molecule has 1 aromatic carbocycles. The summed E-state index contributed by atoms with van der Waals surface area (Å²) in [6.45, 7) is 2.17. The van der Waals surface area contributed by atoms with Gasteiger partial charge in [-0.2, -0.15) is 11.8 Å². The Labute approximate surface area is 98.8 Å². The van der Waals surface area contributed by atoms with Crippen molar-refractivity contribution < 1.29 is 0 Å². The van der Waals surface area contributed by atoms with Crippen molar-refractivity contribution in [1.82, 2.24) is 0 Å². The van der Waals surface area contributed by atoms with Crippen LogP contribution in [0.15, 0.2) is 23.1 Å². The third-order valence-corrected chi connectivity index (χ3v) is 4.15. The van der Waals surface area contributed by atoms with Crippen LogP contribution in [0, 0.1) is 0 Å². The number of rotatable bonds is 5. The lowest BCUT2D eigenvalue weighted by molar-refractivity contribution is 1.43. The minimum absolute atomic E-state index is 0.704. The standard InChI is InChI=1S/C10H14ClNS2/c1-2-13-5-6-14-10-4-3-8(11)7-9(10)12/h3-4,7H,2,5-6,12H2,1H3. The first-order chi connectivity index (χ1) is 6.74. The zero-order valence-corrected chi connectivity index (χ0v) is 10.5. The summed E-state index contributed by atoms with van der Waals surface area (Å²) in [5.41, 5.74) is 6.61. The third-order valence-electron chi connectivity index (χ3n) is 1.66. The molecule has 0 radical (unpaired) electrons. The molecule has 0 aliphatic heterocycles. The second-order valence-corrected chi connectivity index (χ2v) is 5.69. The zero-order chi connectivity index (χ0) is 10.4. The molecule has 4 heteroatoms. The van der Waals surface area contributed by atoms with Gasteiger partial charge in [0.15, 0.2) is 0 Å². The van der Waals surface area contributed by atoms with Crippen LogP contribution in [0.5, 0.6) is 0 Å². The van der Waals surface area contributed by atoms with Crippen molar-refractivity contribution in [3.63, 3.8) is 0 Å². The topological polar surface area (TPSA) is 26.0 Å². The monoisotopic (exact) mass is 247 g/mol. The van der Waals surface area contributed by atoms with E-state index in [0.717, 1.165) is 16.3 Å². The summed E-state index contributed by atoms with van der Waals surface area (Å²) in [4.78, 5) is 1.13. The molecule has 0 unspecified atom stereocenters. The maximum absolute atomic E-state index is 5.82. The normalized spacial score (nSPS) is 10.4. The molecule has 1 aromatic rings. The summed E-state index contributed by atoms with van der Waals surface area (Å²) in [5.74, 6) is 3.45. The van der Waals surface area contributed by atoms with Crippen LogP contribution in [-0.4, -0.2) is 17.3 Å². The van der Waals surface area contributed by atoms with Gasteiger partial charge in [-0.1, -0.05) is 18.5 Å². The van der Waals surface area contributed by atoms with E-state index in [9.17, 15) is 0 Å². The summed E-state index contributed by atoms with van der Waals surface area (Å²) < 4.78 is 0. The maximum atomic E-state index is 5.82. The lowest BCUT2D eigenvalue weighted by Gasteiger charge is -2.04. The molecule has 2 N–H and O–H groups in total. The van der Waals surface area contributed by atoms with Crippen LogP contribution in [0.1, 0.15) is 6.92 Å². The molecular formula is C10H14ClNS2. The van der Waals surface area contributed by atoms with Gasteiger partial charge in [-0.15, -0.1) is 11.8 Å². The van der Waals surface area contributed by atoms with Crippen molar-refractivity contribution in [3.05, 3.63) is 23.2 Å². The fourth-order valence-corrected chi connectivity index (χ4v) is 2.89. The van der Waals surface area contributed by atoms with Crippen molar-refractivity contribution in [1.29, 1.82) is 0 Å². The van der Waals surface area contributed by atoms with Crippen molar-refractivity contribution >= 4 is 40.8 Å². The number of benzene rings is 1. The van der Waals surface area contributed by atoms with Crippen molar-refractivity contribution in [3.8, 4) is 0 Å². The Balaban J connectivity index is 2.42. The molecule has 0 saturated carbocycles. The molecule has 0 saturated heterocycles. The van der Waals surface area contributed by atoms with E-state index in [2.05, 4.69) is 6.92 Å². The highest BCUT2D eigenvalue weighted by Crippen LogP contribution is 2.27.